The van der Waals surface area contributed by atoms with Gasteiger partial charge in [-0.15, -0.1) is 0 Å². The molecule has 0 saturated carbocycles. The van der Waals surface area contributed by atoms with Crippen LogP contribution in [0.3, 0.4) is 0 Å². The fraction of sp³-hybridized carbons (Fsp3) is 0.600. The van der Waals surface area contributed by atoms with Gasteiger partial charge in [0.1, 0.15) is 0 Å². The minimum Gasteiger partial charge on any atom is -0.322 e. The quantitative estimate of drug-likeness (QED) is 0.777. The first kappa shape index (κ1) is 11.7. The first-order valence-electron chi connectivity index (χ1n) is 5.12. The van der Waals surface area contributed by atoms with Gasteiger partial charge >= 0.3 is 0 Å². The molecule has 5 nitrogen and oxygen atoms in total. The molecule has 15 heavy (non-hydrogen) atoms. The maximum Gasteiger partial charge on any atom is 0.244 e. The van der Waals surface area contributed by atoms with Crippen LogP contribution in [0.2, 0.25) is 0 Å². The second kappa shape index (κ2) is 4.44. The third-order valence-corrected chi connectivity index (χ3v) is 2.47. The van der Waals surface area contributed by atoms with Gasteiger partial charge in [0.15, 0.2) is 0 Å². The molecule has 0 fully saturated rings. The Hall–Kier alpha value is -1.36. The van der Waals surface area contributed by atoms with Crippen LogP contribution >= 0.6 is 0 Å². The van der Waals surface area contributed by atoms with Gasteiger partial charge in [-0.05, 0) is 20.3 Å². The predicted octanol–water partition coefficient (Wildman–Crippen LogP) is 0.969. The molecule has 0 saturated heterocycles. The maximum absolute atomic E-state index is 11.7. The number of hydrogen-bond donors (Lipinski definition) is 2. The SMILES string of the molecule is CCn1cc(NC(=O)C(C)(N)CC)cn1. The van der Waals surface area contributed by atoms with Crippen LogP contribution in [0.4, 0.5) is 5.69 Å². The van der Waals surface area contributed by atoms with E-state index < -0.39 is 5.54 Å². The number of carbonyl (C=O) groups is 1. The van der Waals surface area contributed by atoms with Crippen LogP contribution in [-0.4, -0.2) is 21.2 Å². The van der Waals surface area contributed by atoms with Gasteiger partial charge < -0.3 is 11.1 Å². The molecule has 1 atom stereocenters. The number of hydrogen-bond acceptors (Lipinski definition) is 3. The summed E-state index contributed by atoms with van der Waals surface area (Å²) >= 11 is 0. The molecule has 1 amide bonds. The van der Waals surface area contributed by atoms with Crippen molar-refractivity contribution in [2.75, 3.05) is 5.32 Å². The summed E-state index contributed by atoms with van der Waals surface area (Å²) < 4.78 is 1.75. The third kappa shape index (κ3) is 2.79. The molecule has 1 unspecified atom stereocenters. The van der Waals surface area contributed by atoms with E-state index in [0.29, 0.717) is 12.1 Å². The van der Waals surface area contributed by atoms with E-state index in [0.717, 1.165) is 6.54 Å². The Labute approximate surface area is 89.6 Å². The van der Waals surface area contributed by atoms with Crippen molar-refractivity contribution in [2.24, 2.45) is 5.73 Å². The summed E-state index contributed by atoms with van der Waals surface area (Å²) in [7, 11) is 0. The number of amides is 1. The number of anilines is 1. The van der Waals surface area contributed by atoms with Crippen molar-refractivity contribution in [1.29, 1.82) is 0 Å². The second-order valence-corrected chi connectivity index (χ2v) is 3.81. The van der Waals surface area contributed by atoms with E-state index in [1.165, 1.54) is 0 Å². The molecule has 1 rings (SSSR count). The molecule has 3 N–H and O–H groups in total. The summed E-state index contributed by atoms with van der Waals surface area (Å²) in [5, 5.41) is 6.80. The fourth-order valence-electron chi connectivity index (χ4n) is 1.04. The Bertz CT molecular complexity index is 343. The minimum atomic E-state index is -0.825. The summed E-state index contributed by atoms with van der Waals surface area (Å²) in [5.74, 6) is -0.180. The summed E-state index contributed by atoms with van der Waals surface area (Å²) in [6.07, 6.45) is 4.00. The standard InChI is InChI=1S/C10H18N4O/c1-4-10(3,11)9(15)13-8-6-12-14(5-2)7-8/h6-7H,4-5,11H2,1-3H3,(H,13,15). The Morgan fingerprint density at radius 3 is 2.80 bits per heavy atom. The highest BCUT2D eigenvalue weighted by molar-refractivity contribution is 5.97. The molecule has 0 aromatic carbocycles. The zero-order chi connectivity index (χ0) is 11.5. The van der Waals surface area contributed by atoms with Crippen molar-refractivity contribution in [2.45, 2.75) is 39.3 Å². The molecule has 1 aromatic rings. The fourth-order valence-corrected chi connectivity index (χ4v) is 1.04. The monoisotopic (exact) mass is 210 g/mol. The number of nitrogens with one attached hydrogen (secondary N) is 1. The predicted molar refractivity (Wildman–Crippen MR) is 59.4 cm³/mol. The van der Waals surface area contributed by atoms with Crippen molar-refractivity contribution in [3.05, 3.63) is 12.4 Å². The normalized spacial score (nSPS) is 14.7. The lowest BCUT2D eigenvalue weighted by Gasteiger charge is -2.20. The number of rotatable bonds is 4. The molecule has 0 radical (unpaired) electrons. The van der Waals surface area contributed by atoms with E-state index in [1.807, 2.05) is 13.8 Å². The first-order valence-corrected chi connectivity index (χ1v) is 5.12. The topological polar surface area (TPSA) is 72.9 Å². The number of aromatic nitrogens is 2. The number of aryl methyl sites for hydroxylation is 1. The van der Waals surface area contributed by atoms with E-state index in [-0.39, 0.29) is 5.91 Å². The molecule has 0 aliphatic carbocycles. The molecule has 5 heteroatoms. The highest BCUT2D eigenvalue weighted by Crippen LogP contribution is 2.11. The minimum absolute atomic E-state index is 0.180. The van der Waals surface area contributed by atoms with Gasteiger partial charge in [-0.25, -0.2) is 0 Å². The highest BCUT2D eigenvalue weighted by Gasteiger charge is 2.26. The van der Waals surface area contributed by atoms with Crippen molar-refractivity contribution < 1.29 is 4.79 Å². The molecule has 0 aliphatic heterocycles. The number of nitrogens with two attached hydrogens (primary N) is 1. The first-order chi connectivity index (χ1) is 6.99. The second-order valence-electron chi connectivity index (χ2n) is 3.81. The molecular weight excluding hydrogens is 192 g/mol. The van der Waals surface area contributed by atoms with E-state index in [2.05, 4.69) is 10.4 Å². The average molecular weight is 210 g/mol. The van der Waals surface area contributed by atoms with Gasteiger partial charge in [-0.1, -0.05) is 6.92 Å². The zero-order valence-corrected chi connectivity index (χ0v) is 9.45. The van der Waals surface area contributed by atoms with Gasteiger partial charge in [-0.2, -0.15) is 5.10 Å². The Balaban J connectivity index is 2.66. The van der Waals surface area contributed by atoms with Crippen LogP contribution < -0.4 is 11.1 Å². The molecule has 1 aromatic heterocycles. The summed E-state index contributed by atoms with van der Waals surface area (Å²) in [6.45, 7) is 6.36. The van der Waals surface area contributed by atoms with Crippen LogP contribution in [0.1, 0.15) is 27.2 Å². The van der Waals surface area contributed by atoms with Gasteiger partial charge in [0, 0.05) is 12.7 Å². The Kier molecular flexibility index (Phi) is 3.47. The zero-order valence-electron chi connectivity index (χ0n) is 9.45. The number of carbonyl (C=O) groups excluding carboxylic acids is 1. The lowest BCUT2D eigenvalue weighted by Crippen LogP contribution is -2.47. The van der Waals surface area contributed by atoms with Crippen LogP contribution in [-0.2, 0) is 11.3 Å². The smallest absolute Gasteiger partial charge is 0.244 e. The molecule has 84 valence electrons. The van der Waals surface area contributed by atoms with Gasteiger partial charge in [0.05, 0.1) is 17.4 Å². The third-order valence-electron chi connectivity index (χ3n) is 2.47. The highest BCUT2D eigenvalue weighted by atomic mass is 16.2. The molecule has 0 bridgehead atoms. The van der Waals surface area contributed by atoms with Crippen molar-refractivity contribution in [1.82, 2.24) is 9.78 Å². The van der Waals surface area contributed by atoms with E-state index in [1.54, 1.807) is 24.0 Å². The summed E-state index contributed by atoms with van der Waals surface area (Å²) in [5.41, 5.74) is 5.67. The van der Waals surface area contributed by atoms with Crippen LogP contribution in [0.15, 0.2) is 12.4 Å². The van der Waals surface area contributed by atoms with Crippen LogP contribution in [0.5, 0.6) is 0 Å². The van der Waals surface area contributed by atoms with Crippen molar-refractivity contribution in [3.8, 4) is 0 Å². The summed E-state index contributed by atoms with van der Waals surface area (Å²) in [6, 6.07) is 0. The van der Waals surface area contributed by atoms with E-state index >= 15 is 0 Å². The Morgan fingerprint density at radius 2 is 2.33 bits per heavy atom. The van der Waals surface area contributed by atoms with Gasteiger partial charge in [0.25, 0.3) is 0 Å². The van der Waals surface area contributed by atoms with Crippen LogP contribution in [0.25, 0.3) is 0 Å². The lowest BCUT2D eigenvalue weighted by atomic mass is 10.00. The van der Waals surface area contributed by atoms with Gasteiger partial charge in [0.2, 0.25) is 5.91 Å². The largest absolute Gasteiger partial charge is 0.322 e. The van der Waals surface area contributed by atoms with E-state index in [9.17, 15) is 4.79 Å². The van der Waals surface area contributed by atoms with E-state index in [4.69, 9.17) is 5.73 Å². The van der Waals surface area contributed by atoms with Crippen LogP contribution in [0, 0.1) is 0 Å². The Morgan fingerprint density at radius 1 is 1.67 bits per heavy atom. The van der Waals surface area contributed by atoms with Crippen molar-refractivity contribution in [3.63, 3.8) is 0 Å². The molecule has 0 aliphatic rings. The lowest BCUT2D eigenvalue weighted by molar-refractivity contribution is -0.120. The molecule has 1 heterocycles. The van der Waals surface area contributed by atoms with Crippen molar-refractivity contribution >= 4 is 11.6 Å². The maximum atomic E-state index is 11.7. The number of nitrogens with zero attached hydrogens (tertiary/aromatic N) is 2. The molecular formula is C10H18N4O. The average Bonchev–Trinajstić information content (AvgIpc) is 2.65. The summed E-state index contributed by atoms with van der Waals surface area (Å²) in [4.78, 5) is 11.7. The van der Waals surface area contributed by atoms with Gasteiger partial charge in [-0.3, -0.25) is 9.48 Å². The molecule has 0 spiro atoms.